The van der Waals surface area contributed by atoms with Gasteiger partial charge in [-0.3, -0.25) is 4.79 Å². The van der Waals surface area contributed by atoms with Gasteiger partial charge < -0.3 is 9.73 Å². The van der Waals surface area contributed by atoms with Gasteiger partial charge in [0.25, 0.3) is 0 Å². The molecule has 0 unspecified atom stereocenters. The van der Waals surface area contributed by atoms with E-state index in [9.17, 15) is 4.79 Å². The summed E-state index contributed by atoms with van der Waals surface area (Å²) in [5, 5.41) is 8.19. The highest BCUT2D eigenvalue weighted by atomic mass is 32.1. The standard InChI is InChI=1S/C22H20N2O2S/c1-15-9-10-20(26-15)22-24-18(14-27-22)13-21(25)23-12-11-17-7-4-6-16-5-2-3-8-19(16)17/h2-10,14H,11-13H2,1H3,(H,23,25). The summed E-state index contributed by atoms with van der Waals surface area (Å²) >= 11 is 1.50. The molecule has 0 saturated carbocycles. The Labute approximate surface area is 161 Å². The Hall–Kier alpha value is -2.92. The summed E-state index contributed by atoms with van der Waals surface area (Å²) in [4.78, 5) is 16.8. The van der Waals surface area contributed by atoms with E-state index in [4.69, 9.17) is 4.42 Å². The number of hydrogen-bond donors (Lipinski definition) is 1. The number of carbonyl (C=O) groups is 1. The molecule has 4 rings (SSSR count). The van der Waals surface area contributed by atoms with Gasteiger partial charge in [0.1, 0.15) is 5.76 Å². The summed E-state index contributed by atoms with van der Waals surface area (Å²) in [6, 6.07) is 18.4. The summed E-state index contributed by atoms with van der Waals surface area (Å²) in [5.41, 5.74) is 2.02. The van der Waals surface area contributed by atoms with Crippen molar-refractivity contribution in [3.8, 4) is 10.8 Å². The Bertz CT molecular complexity index is 1080. The lowest BCUT2D eigenvalue weighted by molar-refractivity contribution is -0.120. The number of aromatic nitrogens is 1. The molecular weight excluding hydrogens is 356 g/mol. The third-order valence-corrected chi connectivity index (χ3v) is 5.35. The Kier molecular flexibility index (Phi) is 5.03. The average Bonchev–Trinajstić information content (AvgIpc) is 3.31. The molecule has 27 heavy (non-hydrogen) atoms. The van der Waals surface area contributed by atoms with E-state index in [1.807, 2.05) is 36.6 Å². The summed E-state index contributed by atoms with van der Waals surface area (Å²) < 4.78 is 5.58. The van der Waals surface area contributed by atoms with Crippen LogP contribution in [0.1, 0.15) is 17.0 Å². The molecule has 0 spiro atoms. The zero-order chi connectivity index (χ0) is 18.6. The second-order valence-corrected chi connectivity index (χ2v) is 7.33. The van der Waals surface area contributed by atoms with Gasteiger partial charge in [-0.2, -0.15) is 0 Å². The molecule has 0 radical (unpaired) electrons. The van der Waals surface area contributed by atoms with Crippen LogP contribution in [-0.4, -0.2) is 17.4 Å². The highest BCUT2D eigenvalue weighted by Crippen LogP contribution is 2.25. The van der Waals surface area contributed by atoms with Crippen LogP contribution in [0, 0.1) is 6.92 Å². The normalized spacial score (nSPS) is 11.0. The number of aryl methyl sites for hydroxylation is 1. The number of thiazole rings is 1. The first-order valence-corrected chi connectivity index (χ1v) is 9.81. The van der Waals surface area contributed by atoms with Gasteiger partial charge in [-0.25, -0.2) is 4.98 Å². The maximum absolute atomic E-state index is 12.2. The van der Waals surface area contributed by atoms with Crippen LogP contribution in [0.25, 0.3) is 21.5 Å². The molecule has 2 heterocycles. The Morgan fingerprint density at radius 2 is 1.96 bits per heavy atom. The lowest BCUT2D eigenvalue weighted by Crippen LogP contribution is -2.27. The number of carbonyl (C=O) groups excluding carboxylic acids is 1. The summed E-state index contributed by atoms with van der Waals surface area (Å²) in [7, 11) is 0. The fourth-order valence-corrected chi connectivity index (χ4v) is 3.90. The van der Waals surface area contributed by atoms with Crippen molar-refractivity contribution < 1.29 is 9.21 Å². The van der Waals surface area contributed by atoms with E-state index in [2.05, 4.69) is 40.6 Å². The lowest BCUT2D eigenvalue weighted by atomic mass is 10.0. The van der Waals surface area contributed by atoms with Crippen molar-refractivity contribution in [1.29, 1.82) is 0 Å². The molecule has 1 N–H and O–H groups in total. The lowest BCUT2D eigenvalue weighted by Gasteiger charge is -2.07. The fourth-order valence-electron chi connectivity index (χ4n) is 3.12. The first kappa shape index (κ1) is 17.5. The average molecular weight is 376 g/mol. The summed E-state index contributed by atoms with van der Waals surface area (Å²) in [6.07, 6.45) is 1.09. The van der Waals surface area contributed by atoms with Crippen molar-refractivity contribution in [3.63, 3.8) is 0 Å². The molecule has 4 aromatic rings. The van der Waals surface area contributed by atoms with E-state index in [0.29, 0.717) is 6.54 Å². The van der Waals surface area contributed by atoms with Gasteiger partial charge in [0, 0.05) is 11.9 Å². The highest BCUT2D eigenvalue weighted by Gasteiger charge is 2.11. The molecule has 4 nitrogen and oxygen atoms in total. The van der Waals surface area contributed by atoms with E-state index < -0.39 is 0 Å². The first-order chi connectivity index (χ1) is 13.2. The molecule has 5 heteroatoms. The molecule has 0 atom stereocenters. The quantitative estimate of drug-likeness (QED) is 0.527. The minimum Gasteiger partial charge on any atom is -0.459 e. The molecule has 0 saturated heterocycles. The minimum absolute atomic E-state index is 0.0114. The number of fused-ring (bicyclic) bond motifs is 1. The molecule has 136 valence electrons. The molecule has 0 aliphatic heterocycles. The van der Waals surface area contributed by atoms with Gasteiger partial charge in [-0.15, -0.1) is 11.3 Å². The van der Waals surface area contributed by atoms with E-state index in [1.165, 1.54) is 27.7 Å². The topological polar surface area (TPSA) is 55.1 Å². The van der Waals surface area contributed by atoms with Crippen molar-refractivity contribution >= 4 is 28.0 Å². The van der Waals surface area contributed by atoms with E-state index in [0.717, 1.165) is 28.6 Å². The van der Waals surface area contributed by atoms with Crippen molar-refractivity contribution in [2.75, 3.05) is 6.54 Å². The van der Waals surface area contributed by atoms with Gasteiger partial charge in [0.15, 0.2) is 10.8 Å². The Morgan fingerprint density at radius 1 is 1.11 bits per heavy atom. The van der Waals surface area contributed by atoms with Crippen molar-refractivity contribution in [1.82, 2.24) is 10.3 Å². The van der Waals surface area contributed by atoms with Gasteiger partial charge in [-0.05, 0) is 41.8 Å². The zero-order valence-electron chi connectivity index (χ0n) is 15.1. The van der Waals surface area contributed by atoms with E-state index in [-0.39, 0.29) is 12.3 Å². The smallest absolute Gasteiger partial charge is 0.226 e. The Balaban J connectivity index is 1.33. The number of amides is 1. The monoisotopic (exact) mass is 376 g/mol. The van der Waals surface area contributed by atoms with Crippen molar-refractivity contribution in [3.05, 3.63) is 77.0 Å². The van der Waals surface area contributed by atoms with Crippen LogP contribution < -0.4 is 5.32 Å². The van der Waals surface area contributed by atoms with Crippen LogP contribution in [0.15, 0.2) is 64.4 Å². The van der Waals surface area contributed by atoms with Crippen LogP contribution in [0.5, 0.6) is 0 Å². The van der Waals surface area contributed by atoms with Crippen molar-refractivity contribution in [2.24, 2.45) is 0 Å². The molecular formula is C22H20N2O2S. The largest absolute Gasteiger partial charge is 0.459 e. The third kappa shape index (κ3) is 4.09. The number of nitrogens with zero attached hydrogens (tertiary/aromatic N) is 1. The highest BCUT2D eigenvalue weighted by molar-refractivity contribution is 7.13. The predicted molar refractivity (Wildman–Crippen MR) is 109 cm³/mol. The van der Waals surface area contributed by atoms with Gasteiger partial charge in [-0.1, -0.05) is 42.5 Å². The van der Waals surface area contributed by atoms with E-state index >= 15 is 0 Å². The molecule has 2 aromatic carbocycles. The summed E-state index contributed by atoms with van der Waals surface area (Å²) in [5.74, 6) is 1.59. The van der Waals surface area contributed by atoms with Crippen LogP contribution in [0.4, 0.5) is 0 Å². The minimum atomic E-state index is -0.0114. The van der Waals surface area contributed by atoms with Gasteiger partial charge in [0.2, 0.25) is 5.91 Å². The number of nitrogens with one attached hydrogen (secondary N) is 1. The van der Waals surface area contributed by atoms with E-state index in [1.54, 1.807) is 0 Å². The molecule has 2 aromatic heterocycles. The van der Waals surface area contributed by atoms with Crippen LogP contribution in [0.3, 0.4) is 0 Å². The van der Waals surface area contributed by atoms with Crippen LogP contribution in [0.2, 0.25) is 0 Å². The predicted octanol–water partition coefficient (Wildman–Crippen LogP) is 4.77. The first-order valence-electron chi connectivity index (χ1n) is 8.93. The maximum Gasteiger partial charge on any atom is 0.226 e. The second kappa shape index (κ2) is 7.76. The molecule has 0 bridgehead atoms. The van der Waals surface area contributed by atoms with Crippen LogP contribution >= 0.6 is 11.3 Å². The number of hydrogen-bond acceptors (Lipinski definition) is 4. The number of rotatable bonds is 6. The molecule has 0 fully saturated rings. The number of benzene rings is 2. The van der Waals surface area contributed by atoms with Gasteiger partial charge >= 0.3 is 0 Å². The number of furan rings is 1. The Morgan fingerprint density at radius 3 is 2.81 bits per heavy atom. The SMILES string of the molecule is Cc1ccc(-c2nc(CC(=O)NCCc3cccc4ccccc34)cs2)o1. The molecule has 1 amide bonds. The third-order valence-electron chi connectivity index (χ3n) is 4.44. The molecule has 0 aliphatic carbocycles. The van der Waals surface area contributed by atoms with Crippen molar-refractivity contribution in [2.45, 2.75) is 19.8 Å². The van der Waals surface area contributed by atoms with Gasteiger partial charge in [0.05, 0.1) is 12.1 Å². The fraction of sp³-hybridized carbons (Fsp3) is 0.182. The second-order valence-electron chi connectivity index (χ2n) is 6.47. The summed E-state index contributed by atoms with van der Waals surface area (Å²) in [6.45, 7) is 2.52. The maximum atomic E-state index is 12.2. The molecule has 0 aliphatic rings. The van der Waals surface area contributed by atoms with Crippen LogP contribution in [-0.2, 0) is 17.6 Å². The zero-order valence-corrected chi connectivity index (χ0v) is 15.9.